The summed E-state index contributed by atoms with van der Waals surface area (Å²) in [5, 5.41) is 4.74. The first kappa shape index (κ1) is 19.8. The summed E-state index contributed by atoms with van der Waals surface area (Å²) in [6.07, 6.45) is 0.968. The molecule has 1 amide bonds. The number of amides is 1. The zero-order valence-corrected chi connectivity index (χ0v) is 17.2. The molecule has 1 aliphatic carbocycles. The van der Waals surface area contributed by atoms with Crippen LogP contribution in [0.1, 0.15) is 28.4 Å². The molecule has 0 aromatic heterocycles. The minimum atomic E-state index is -0.989. The summed E-state index contributed by atoms with van der Waals surface area (Å²) in [7, 11) is 3.05. The summed E-state index contributed by atoms with van der Waals surface area (Å²) >= 11 is 0. The summed E-state index contributed by atoms with van der Waals surface area (Å²) in [6.45, 7) is 1.54. The van der Waals surface area contributed by atoms with Gasteiger partial charge in [0.2, 0.25) is 0 Å². The Morgan fingerprint density at radius 1 is 0.967 bits per heavy atom. The van der Waals surface area contributed by atoms with Crippen molar-refractivity contribution in [3.63, 3.8) is 0 Å². The van der Waals surface area contributed by atoms with E-state index in [0.717, 1.165) is 23.6 Å². The van der Waals surface area contributed by atoms with Crippen molar-refractivity contribution in [2.24, 2.45) is 0 Å². The fraction of sp³-hybridized carbons (Fsp3) is 0.250. The molecule has 0 spiro atoms. The maximum Gasteiger partial charge on any atom is 0.339 e. The third-order valence-electron chi connectivity index (χ3n) is 5.41. The Morgan fingerprint density at radius 3 is 2.47 bits per heavy atom. The molecule has 0 saturated heterocycles. The van der Waals surface area contributed by atoms with Gasteiger partial charge >= 0.3 is 5.97 Å². The summed E-state index contributed by atoms with van der Waals surface area (Å²) < 4.78 is 16.0. The number of esters is 1. The number of anilines is 1. The lowest BCUT2D eigenvalue weighted by molar-refractivity contribution is -0.123. The zero-order chi connectivity index (χ0) is 21.3. The number of nitrogens with one attached hydrogen (secondary N) is 1. The van der Waals surface area contributed by atoms with Crippen molar-refractivity contribution >= 4 is 28.3 Å². The number of methoxy groups -OCH3 is 2. The van der Waals surface area contributed by atoms with Gasteiger partial charge in [0, 0.05) is 6.07 Å². The number of hydrogen-bond acceptors (Lipinski definition) is 5. The van der Waals surface area contributed by atoms with Crippen molar-refractivity contribution in [3.05, 3.63) is 65.2 Å². The highest BCUT2D eigenvalue weighted by Crippen LogP contribution is 2.33. The quantitative estimate of drug-likeness (QED) is 0.624. The van der Waals surface area contributed by atoms with Crippen molar-refractivity contribution in [1.82, 2.24) is 0 Å². The van der Waals surface area contributed by atoms with Crippen LogP contribution in [0.5, 0.6) is 11.5 Å². The van der Waals surface area contributed by atoms with Gasteiger partial charge in [-0.15, -0.1) is 0 Å². The average Bonchev–Trinajstić information content (AvgIpc) is 3.18. The molecule has 1 aliphatic rings. The normalized spacial score (nSPS) is 13.0. The summed E-state index contributed by atoms with van der Waals surface area (Å²) in [5.74, 6) is 0.0745. The predicted molar refractivity (Wildman–Crippen MR) is 114 cm³/mol. The third kappa shape index (κ3) is 3.56. The molecule has 0 heterocycles. The summed E-state index contributed by atoms with van der Waals surface area (Å²) in [4.78, 5) is 25.5. The number of benzene rings is 3. The van der Waals surface area contributed by atoms with Crippen LogP contribution in [-0.4, -0.2) is 32.2 Å². The molecule has 30 heavy (non-hydrogen) atoms. The fourth-order valence-electron chi connectivity index (χ4n) is 3.85. The predicted octanol–water partition coefficient (Wildman–Crippen LogP) is 4.14. The maximum absolute atomic E-state index is 12.8. The van der Waals surface area contributed by atoms with E-state index in [-0.39, 0.29) is 0 Å². The molecule has 1 N–H and O–H groups in total. The second-order valence-corrected chi connectivity index (χ2v) is 7.21. The van der Waals surface area contributed by atoms with E-state index in [4.69, 9.17) is 14.2 Å². The van der Waals surface area contributed by atoms with E-state index < -0.39 is 18.0 Å². The minimum absolute atomic E-state index is 0.440. The van der Waals surface area contributed by atoms with E-state index in [2.05, 4.69) is 11.4 Å². The van der Waals surface area contributed by atoms with Crippen molar-refractivity contribution in [2.75, 3.05) is 19.5 Å². The standard InChI is InChI=1S/C24H23NO5/c1-14(23(26)25-20-13-17(28-2)10-12-21(20)29-3)30-24(27)19-11-9-16-8-7-15-5-4-6-18(19)22(15)16/h4-6,9-14H,7-8H2,1-3H3,(H,25,26). The Morgan fingerprint density at radius 2 is 1.73 bits per heavy atom. The van der Waals surface area contributed by atoms with Crippen LogP contribution in [0, 0.1) is 0 Å². The van der Waals surface area contributed by atoms with Crippen LogP contribution in [0.15, 0.2) is 48.5 Å². The third-order valence-corrected chi connectivity index (χ3v) is 5.41. The molecular formula is C24H23NO5. The number of ether oxygens (including phenoxy) is 3. The SMILES string of the molecule is COc1ccc(OC)c(NC(=O)C(C)OC(=O)c2ccc3c4c(cccc24)CC3)c1. The first-order valence-electron chi connectivity index (χ1n) is 9.79. The molecule has 3 aromatic carbocycles. The molecule has 0 aliphatic heterocycles. The molecule has 1 atom stereocenters. The smallest absolute Gasteiger partial charge is 0.339 e. The monoisotopic (exact) mass is 405 g/mol. The molecular weight excluding hydrogens is 382 g/mol. The van der Waals surface area contributed by atoms with E-state index in [1.54, 1.807) is 31.2 Å². The van der Waals surface area contributed by atoms with E-state index in [1.165, 1.54) is 25.3 Å². The van der Waals surface area contributed by atoms with E-state index in [9.17, 15) is 9.59 Å². The number of hydrogen-bond donors (Lipinski definition) is 1. The van der Waals surface area contributed by atoms with Gasteiger partial charge in [-0.2, -0.15) is 0 Å². The number of rotatable bonds is 6. The van der Waals surface area contributed by atoms with Crippen LogP contribution in [0.25, 0.3) is 10.8 Å². The van der Waals surface area contributed by atoms with Crippen LogP contribution in [0.2, 0.25) is 0 Å². The molecule has 0 radical (unpaired) electrons. The molecule has 3 aromatic rings. The summed E-state index contributed by atoms with van der Waals surface area (Å²) in [5.41, 5.74) is 3.40. The van der Waals surface area contributed by atoms with E-state index in [0.29, 0.717) is 22.7 Å². The molecule has 0 saturated carbocycles. The van der Waals surface area contributed by atoms with Gasteiger partial charge < -0.3 is 19.5 Å². The first-order chi connectivity index (χ1) is 14.5. The average molecular weight is 405 g/mol. The lowest BCUT2D eigenvalue weighted by Gasteiger charge is -2.16. The lowest BCUT2D eigenvalue weighted by Crippen LogP contribution is -2.30. The molecule has 4 rings (SSSR count). The maximum atomic E-state index is 12.8. The van der Waals surface area contributed by atoms with Crippen molar-refractivity contribution in [3.8, 4) is 11.5 Å². The molecule has 154 valence electrons. The van der Waals surface area contributed by atoms with Gasteiger partial charge in [0.15, 0.2) is 6.10 Å². The topological polar surface area (TPSA) is 73.9 Å². The van der Waals surface area contributed by atoms with E-state index in [1.807, 2.05) is 18.2 Å². The highest BCUT2D eigenvalue weighted by atomic mass is 16.5. The number of carbonyl (C=O) groups excluding carboxylic acids is 2. The second kappa shape index (κ2) is 8.06. The van der Waals surface area contributed by atoms with Gasteiger partial charge in [0.1, 0.15) is 11.5 Å². The van der Waals surface area contributed by atoms with Crippen LogP contribution < -0.4 is 14.8 Å². The van der Waals surface area contributed by atoms with Crippen molar-refractivity contribution in [1.29, 1.82) is 0 Å². The molecule has 0 bridgehead atoms. The largest absolute Gasteiger partial charge is 0.497 e. The molecule has 1 unspecified atom stereocenters. The van der Waals surface area contributed by atoms with Crippen LogP contribution in [0.4, 0.5) is 5.69 Å². The van der Waals surface area contributed by atoms with Gasteiger partial charge in [-0.1, -0.05) is 24.3 Å². The first-order valence-corrected chi connectivity index (χ1v) is 9.79. The van der Waals surface area contributed by atoms with Gasteiger partial charge in [0.05, 0.1) is 25.5 Å². The Labute approximate surface area is 174 Å². The Hall–Kier alpha value is -3.54. The van der Waals surface area contributed by atoms with Gasteiger partial charge in [-0.05, 0) is 59.9 Å². The van der Waals surface area contributed by atoms with Gasteiger partial charge in [-0.25, -0.2) is 4.79 Å². The van der Waals surface area contributed by atoms with Crippen LogP contribution >= 0.6 is 0 Å². The van der Waals surface area contributed by atoms with Gasteiger partial charge in [0.25, 0.3) is 5.91 Å². The highest BCUT2D eigenvalue weighted by Gasteiger charge is 2.24. The highest BCUT2D eigenvalue weighted by molar-refractivity contribution is 6.08. The van der Waals surface area contributed by atoms with Crippen LogP contribution in [-0.2, 0) is 22.4 Å². The number of carbonyl (C=O) groups is 2. The van der Waals surface area contributed by atoms with Crippen LogP contribution in [0.3, 0.4) is 0 Å². The second-order valence-electron chi connectivity index (χ2n) is 7.21. The minimum Gasteiger partial charge on any atom is -0.497 e. The van der Waals surface area contributed by atoms with E-state index >= 15 is 0 Å². The molecule has 6 heteroatoms. The number of aryl methyl sites for hydroxylation is 2. The Kier molecular flexibility index (Phi) is 5.31. The fourth-order valence-corrected chi connectivity index (χ4v) is 3.85. The zero-order valence-electron chi connectivity index (χ0n) is 17.2. The molecule has 0 fully saturated rings. The van der Waals surface area contributed by atoms with Crippen molar-refractivity contribution < 1.29 is 23.8 Å². The lowest BCUT2D eigenvalue weighted by atomic mass is 10.00. The van der Waals surface area contributed by atoms with Crippen molar-refractivity contribution in [2.45, 2.75) is 25.9 Å². The van der Waals surface area contributed by atoms with Gasteiger partial charge in [-0.3, -0.25) is 4.79 Å². The Balaban J connectivity index is 1.52. The molecule has 6 nitrogen and oxygen atoms in total. The summed E-state index contributed by atoms with van der Waals surface area (Å²) in [6, 6.07) is 14.8. The Bertz CT molecular complexity index is 1130.